The molecule has 0 saturated heterocycles. The molecular weight excluding hydrogens is 204 g/mol. The maximum atomic E-state index is 2.43. The van der Waals surface area contributed by atoms with Crippen molar-refractivity contribution in [2.75, 3.05) is 0 Å². The summed E-state index contributed by atoms with van der Waals surface area (Å²) in [5.74, 6) is 0.757. The van der Waals surface area contributed by atoms with E-state index in [1.165, 1.54) is 38.5 Å². The molecule has 0 aromatic heterocycles. The van der Waals surface area contributed by atoms with Crippen LogP contribution in [0.3, 0.4) is 0 Å². The van der Waals surface area contributed by atoms with Crippen LogP contribution in [0.1, 0.15) is 87.0 Å². The Labute approximate surface area is 110 Å². The average molecular weight is 238 g/mol. The third-order valence-electron chi connectivity index (χ3n) is 3.93. The quantitative estimate of drug-likeness (QED) is 0.431. The molecule has 0 rings (SSSR count). The molecule has 0 N–H and O–H groups in total. The SMILES string of the molecule is CCCC(C)=C(CC)C(C)CC(C)(C)CCC. The topological polar surface area (TPSA) is 0 Å². The van der Waals surface area contributed by atoms with Crippen LogP contribution in [0.4, 0.5) is 0 Å². The predicted molar refractivity (Wildman–Crippen MR) is 80.4 cm³/mol. The molecule has 0 saturated carbocycles. The molecule has 0 radical (unpaired) electrons. The maximum Gasteiger partial charge on any atom is -0.0224 e. The fourth-order valence-corrected chi connectivity index (χ4v) is 3.34. The molecule has 102 valence electrons. The standard InChI is InChI=1S/C17H34/c1-8-11-14(4)16(10-3)15(5)13-17(6,7)12-9-2/h15H,8-13H2,1-7H3. The van der Waals surface area contributed by atoms with Crippen LogP contribution >= 0.6 is 0 Å². The third-order valence-corrected chi connectivity index (χ3v) is 3.93. The average Bonchev–Trinajstić information content (AvgIpc) is 2.17. The summed E-state index contributed by atoms with van der Waals surface area (Å²) in [5.41, 5.74) is 3.87. The molecule has 0 aromatic rings. The van der Waals surface area contributed by atoms with Crippen molar-refractivity contribution < 1.29 is 0 Å². The number of rotatable bonds is 8. The predicted octanol–water partition coefficient (Wildman–Crippen LogP) is 6.37. The molecule has 17 heavy (non-hydrogen) atoms. The van der Waals surface area contributed by atoms with Gasteiger partial charge in [0.15, 0.2) is 0 Å². The van der Waals surface area contributed by atoms with Crippen molar-refractivity contribution in [1.29, 1.82) is 0 Å². The molecule has 1 unspecified atom stereocenters. The molecule has 0 aliphatic heterocycles. The van der Waals surface area contributed by atoms with E-state index in [9.17, 15) is 0 Å². The molecule has 0 fully saturated rings. The van der Waals surface area contributed by atoms with Crippen molar-refractivity contribution in [3.8, 4) is 0 Å². The van der Waals surface area contributed by atoms with E-state index >= 15 is 0 Å². The van der Waals surface area contributed by atoms with Crippen LogP contribution in [0.25, 0.3) is 0 Å². The first-order chi connectivity index (χ1) is 7.87. The third kappa shape index (κ3) is 6.29. The van der Waals surface area contributed by atoms with Crippen molar-refractivity contribution in [1.82, 2.24) is 0 Å². The van der Waals surface area contributed by atoms with Crippen molar-refractivity contribution in [2.24, 2.45) is 11.3 Å². The van der Waals surface area contributed by atoms with E-state index in [1.807, 2.05) is 0 Å². The molecule has 0 aliphatic carbocycles. The van der Waals surface area contributed by atoms with E-state index in [0.717, 1.165) is 5.92 Å². The second-order valence-corrected chi connectivity index (χ2v) is 6.43. The highest BCUT2D eigenvalue weighted by Gasteiger charge is 2.22. The lowest BCUT2D eigenvalue weighted by Crippen LogP contribution is -2.17. The van der Waals surface area contributed by atoms with Gasteiger partial charge in [-0.15, -0.1) is 0 Å². The molecule has 0 heterocycles. The highest BCUT2D eigenvalue weighted by atomic mass is 14.3. The largest absolute Gasteiger partial charge is 0.0739 e. The van der Waals surface area contributed by atoms with Crippen molar-refractivity contribution in [2.45, 2.75) is 87.0 Å². The summed E-state index contributed by atoms with van der Waals surface area (Å²) in [7, 11) is 0. The second kappa shape index (κ2) is 7.95. The lowest BCUT2D eigenvalue weighted by Gasteiger charge is -2.30. The lowest BCUT2D eigenvalue weighted by atomic mass is 9.76. The van der Waals surface area contributed by atoms with Gasteiger partial charge in [-0.1, -0.05) is 65.5 Å². The molecular formula is C17H34. The molecule has 0 spiro atoms. The van der Waals surface area contributed by atoms with Crippen LogP contribution in [0.2, 0.25) is 0 Å². The van der Waals surface area contributed by atoms with Crippen LogP contribution in [-0.2, 0) is 0 Å². The van der Waals surface area contributed by atoms with Gasteiger partial charge in [0, 0.05) is 0 Å². The normalized spacial score (nSPS) is 15.7. The van der Waals surface area contributed by atoms with Crippen molar-refractivity contribution in [3.63, 3.8) is 0 Å². The van der Waals surface area contributed by atoms with Crippen molar-refractivity contribution >= 4 is 0 Å². The van der Waals surface area contributed by atoms with Crippen LogP contribution in [-0.4, -0.2) is 0 Å². The fourth-order valence-electron chi connectivity index (χ4n) is 3.34. The van der Waals surface area contributed by atoms with Crippen molar-refractivity contribution in [3.05, 3.63) is 11.1 Å². The summed E-state index contributed by atoms with van der Waals surface area (Å²) in [5, 5.41) is 0. The summed E-state index contributed by atoms with van der Waals surface area (Å²) in [4.78, 5) is 0. The molecule has 0 aliphatic rings. The molecule has 1 atom stereocenters. The van der Waals surface area contributed by atoms with Gasteiger partial charge in [0.25, 0.3) is 0 Å². The van der Waals surface area contributed by atoms with E-state index in [0.29, 0.717) is 5.41 Å². The Morgan fingerprint density at radius 1 is 1.06 bits per heavy atom. The molecule has 0 bridgehead atoms. The summed E-state index contributed by atoms with van der Waals surface area (Å²) < 4.78 is 0. The number of allylic oxidation sites excluding steroid dienone is 2. The van der Waals surface area contributed by atoms with Gasteiger partial charge in [-0.05, 0) is 43.9 Å². The first kappa shape index (κ1) is 16.7. The first-order valence-corrected chi connectivity index (χ1v) is 7.56. The van der Waals surface area contributed by atoms with E-state index in [1.54, 1.807) is 11.1 Å². The van der Waals surface area contributed by atoms with Gasteiger partial charge in [0.1, 0.15) is 0 Å². The van der Waals surface area contributed by atoms with Gasteiger partial charge < -0.3 is 0 Å². The molecule has 0 amide bonds. The Morgan fingerprint density at radius 2 is 1.65 bits per heavy atom. The van der Waals surface area contributed by atoms with Gasteiger partial charge >= 0.3 is 0 Å². The summed E-state index contributed by atoms with van der Waals surface area (Å²) in [6, 6.07) is 0. The van der Waals surface area contributed by atoms with Crippen LogP contribution in [0.15, 0.2) is 11.1 Å². The summed E-state index contributed by atoms with van der Waals surface area (Å²) in [6.07, 6.45) is 7.78. The van der Waals surface area contributed by atoms with E-state index < -0.39 is 0 Å². The zero-order chi connectivity index (χ0) is 13.5. The number of hydrogen-bond acceptors (Lipinski definition) is 0. The van der Waals surface area contributed by atoms with Gasteiger partial charge in [-0.2, -0.15) is 0 Å². The molecule has 0 aromatic carbocycles. The minimum Gasteiger partial charge on any atom is -0.0739 e. The molecule has 0 heteroatoms. The first-order valence-electron chi connectivity index (χ1n) is 7.56. The van der Waals surface area contributed by atoms with Crippen LogP contribution in [0.5, 0.6) is 0 Å². The minimum absolute atomic E-state index is 0.501. The Bertz CT molecular complexity index is 232. The maximum absolute atomic E-state index is 2.43. The van der Waals surface area contributed by atoms with Gasteiger partial charge in [-0.25, -0.2) is 0 Å². The van der Waals surface area contributed by atoms with Crippen LogP contribution in [0, 0.1) is 11.3 Å². The smallest absolute Gasteiger partial charge is 0.0224 e. The van der Waals surface area contributed by atoms with Crippen LogP contribution < -0.4 is 0 Å². The molecule has 0 nitrogen and oxygen atoms in total. The van der Waals surface area contributed by atoms with Gasteiger partial charge in [-0.3, -0.25) is 0 Å². The summed E-state index contributed by atoms with van der Waals surface area (Å²) >= 11 is 0. The summed E-state index contributed by atoms with van der Waals surface area (Å²) in [6.45, 7) is 16.5. The van der Waals surface area contributed by atoms with E-state index in [2.05, 4.69) is 48.5 Å². The Hall–Kier alpha value is -0.260. The van der Waals surface area contributed by atoms with Gasteiger partial charge in [0.2, 0.25) is 0 Å². The lowest BCUT2D eigenvalue weighted by molar-refractivity contribution is 0.267. The number of hydrogen-bond donors (Lipinski definition) is 0. The Kier molecular flexibility index (Phi) is 7.83. The van der Waals surface area contributed by atoms with Gasteiger partial charge in [0.05, 0.1) is 0 Å². The Morgan fingerprint density at radius 3 is 2.06 bits per heavy atom. The minimum atomic E-state index is 0.501. The zero-order valence-electron chi connectivity index (χ0n) is 13.3. The Balaban J connectivity index is 4.65. The second-order valence-electron chi connectivity index (χ2n) is 6.43. The fraction of sp³-hybridized carbons (Fsp3) is 0.882. The van der Waals surface area contributed by atoms with E-state index in [4.69, 9.17) is 0 Å². The zero-order valence-corrected chi connectivity index (χ0v) is 13.3. The highest BCUT2D eigenvalue weighted by Crippen LogP contribution is 2.35. The monoisotopic (exact) mass is 238 g/mol. The van der Waals surface area contributed by atoms with E-state index in [-0.39, 0.29) is 0 Å². The highest BCUT2D eigenvalue weighted by molar-refractivity contribution is 5.14.